The predicted octanol–water partition coefficient (Wildman–Crippen LogP) is 1.29. The van der Waals surface area contributed by atoms with E-state index in [4.69, 9.17) is 14.7 Å². The Labute approximate surface area is 141 Å². The quantitative estimate of drug-likeness (QED) is 0.830. The molecule has 128 valence electrons. The lowest BCUT2D eigenvalue weighted by atomic mass is 10.1. The highest BCUT2D eigenvalue weighted by molar-refractivity contribution is 5.95. The van der Waals surface area contributed by atoms with Crippen LogP contribution in [0.25, 0.3) is 0 Å². The molecule has 2 rings (SSSR count). The van der Waals surface area contributed by atoms with E-state index >= 15 is 0 Å². The summed E-state index contributed by atoms with van der Waals surface area (Å²) in [5.74, 6) is 0.799. The van der Waals surface area contributed by atoms with Gasteiger partial charge in [-0.3, -0.25) is 9.59 Å². The maximum atomic E-state index is 12.8. The molecular weight excluding hydrogens is 310 g/mol. The minimum absolute atomic E-state index is 0.123. The van der Waals surface area contributed by atoms with Gasteiger partial charge in [-0.1, -0.05) is 0 Å². The predicted molar refractivity (Wildman–Crippen MR) is 86.9 cm³/mol. The molecule has 24 heavy (non-hydrogen) atoms. The Morgan fingerprint density at radius 2 is 1.62 bits per heavy atom. The number of rotatable bonds is 4. The van der Waals surface area contributed by atoms with E-state index in [1.165, 1.54) is 14.2 Å². The van der Waals surface area contributed by atoms with E-state index in [0.29, 0.717) is 49.7 Å². The molecule has 2 amide bonds. The Morgan fingerprint density at radius 3 is 2.21 bits per heavy atom. The third-order valence-electron chi connectivity index (χ3n) is 3.96. The van der Waals surface area contributed by atoms with Crippen molar-refractivity contribution in [3.63, 3.8) is 0 Å². The van der Waals surface area contributed by atoms with Crippen molar-refractivity contribution in [1.82, 2.24) is 9.80 Å². The lowest BCUT2D eigenvalue weighted by molar-refractivity contribution is -0.130. The number of hydrogen-bond acceptors (Lipinski definition) is 5. The van der Waals surface area contributed by atoms with Crippen molar-refractivity contribution in [3.8, 4) is 17.6 Å². The smallest absolute Gasteiger partial charge is 0.254 e. The highest BCUT2D eigenvalue weighted by Crippen LogP contribution is 2.23. The largest absolute Gasteiger partial charge is 0.497 e. The first kappa shape index (κ1) is 17.6. The van der Waals surface area contributed by atoms with E-state index in [-0.39, 0.29) is 18.2 Å². The molecule has 0 aromatic heterocycles. The Bertz CT molecular complexity index is 631. The van der Waals surface area contributed by atoms with Crippen LogP contribution in [0.15, 0.2) is 18.2 Å². The van der Waals surface area contributed by atoms with Gasteiger partial charge in [0.1, 0.15) is 17.9 Å². The summed E-state index contributed by atoms with van der Waals surface area (Å²) in [7, 11) is 3.07. The Morgan fingerprint density at radius 1 is 1.04 bits per heavy atom. The van der Waals surface area contributed by atoms with E-state index < -0.39 is 0 Å². The molecule has 0 radical (unpaired) electrons. The lowest BCUT2D eigenvalue weighted by Crippen LogP contribution is -2.37. The first-order chi connectivity index (χ1) is 11.6. The molecule has 0 spiro atoms. The number of nitriles is 1. The summed E-state index contributed by atoms with van der Waals surface area (Å²) in [5.41, 5.74) is 0.489. The number of benzene rings is 1. The van der Waals surface area contributed by atoms with Gasteiger partial charge < -0.3 is 19.3 Å². The molecule has 1 aromatic carbocycles. The zero-order valence-corrected chi connectivity index (χ0v) is 13.9. The maximum absolute atomic E-state index is 12.8. The Hall–Kier alpha value is -2.75. The van der Waals surface area contributed by atoms with Crippen LogP contribution >= 0.6 is 0 Å². The third-order valence-corrected chi connectivity index (χ3v) is 3.96. The van der Waals surface area contributed by atoms with E-state index in [2.05, 4.69) is 0 Å². The van der Waals surface area contributed by atoms with Gasteiger partial charge in [-0.25, -0.2) is 0 Å². The molecule has 0 N–H and O–H groups in total. The van der Waals surface area contributed by atoms with Crippen LogP contribution in [0.3, 0.4) is 0 Å². The minimum Gasteiger partial charge on any atom is -0.497 e. The molecule has 0 unspecified atom stereocenters. The average molecular weight is 331 g/mol. The maximum Gasteiger partial charge on any atom is 0.254 e. The summed E-state index contributed by atoms with van der Waals surface area (Å²) >= 11 is 0. The molecule has 0 bridgehead atoms. The van der Waals surface area contributed by atoms with Crippen LogP contribution in [0.2, 0.25) is 0 Å². The molecule has 1 aliphatic heterocycles. The fourth-order valence-corrected chi connectivity index (χ4v) is 2.66. The Kier molecular flexibility index (Phi) is 6.01. The first-order valence-electron chi connectivity index (χ1n) is 7.76. The number of methoxy groups -OCH3 is 2. The second-order valence-corrected chi connectivity index (χ2v) is 5.46. The number of hydrogen-bond donors (Lipinski definition) is 0. The summed E-state index contributed by atoms with van der Waals surface area (Å²) in [4.78, 5) is 27.9. The summed E-state index contributed by atoms with van der Waals surface area (Å²) < 4.78 is 10.4. The molecule has 1 aliphatic rings. The molecule has 1 aromatic rings. The Balaban J connectivity index is 2.10. The van der Waals surface area contributed by atoms with Crippen LogP contribution in [0.5, 0.6) is 11.5 Å². The van der Waals surface area contributed by atoms with Gasteiger partial charge in [-0.2, -0.15) is 5.26 Å². The number of carbonyl (C=O) groups is 2. The van der Waals surface area contributed by atoms with Gasteiger partial charge in [0.05, 0.1) is 20.3 Å². The fourth-order valence-electron chi connectivity index (χ4n) is 2.66. The molecule has 0 atom stereocenters. The van der Waals surface area contributed by atoms with Crippen molar-refractivity contribution >= 4 is 11.8 Å². The topological polar surface area (TPSA) is 82.9 Å². The molecule has 0 aliphatic carbocycles. The number of nitrogens with zero attached hydrogens (tertiary/aromatic N) is 3. The van der Waals surface area contributed by atoms with Crippen molar-refractivity contribution in [2.45, 2.75) is 12.8 Å². The van der Waals surface area contributed by atoms with Crippen molar-refractivity contribution in [2.24, 2.45) is 0 Å². The van der Waals surface area contributed by atoms with E-state index in [1.54, 1.807) is 28.0 Å². The van der Waals surface area contributed by atoms with Gasteiger partial charge in [0, 0.05) is 37.8 Å². The van der Waals surface area contributed by atoms with E-state index in [1.807, 2.05) is 6.07 Å². The molecule has 7 nitrogen and oxygen atoms in total. The summed E-state index contributed by atoms with van der Waals surface area (Å²) in [6, 6.07) is 6.93. The first-order valence-corrected chi connectivity index (χ1v) is 7.76. The lowest BCUT2D eigenvalue weighted by Gasteiger charge is -2.22. The van der Waals surface area contributed by atoms with E-state index in [9.17, 15) is 9.59 Å². The van der Waals surface area contributed by atoms with Crippen molar-refractivity contribution in [1.29, 1.82) is 5.26 Å². The molecule has 1 heterocycles. The molecular formula is C17H21N3O4. The van der Waals surface area contributed by atoms with Crippen LogP contribution in [0.1, 0.15) is 23.2 Å². The molecule has 1 saturated heterocycles. The van der Waals surface area contributed by atoms with Gasteiger partial charge in [0.25, 0.3) is 5.91 Å². The van der Waals surface area contributed by atoms with Crippen LogP contribution in [-0.4, -0.2) is 62.0 Å². The van der Waals surface area contributed by atoms with Crippen LogP contribution in [-0.2, 0) is 4.79 Å². The number of amides is 2. The fraction of sp³-hybridized carbons (Fsp3) is 0.471. The third kappa shape index (κ3) is 4.16. The van der Waals surface area contributed by atoms with Gasteiger partial charge in [0.15, 0.2) is 0 Å². The van der Waals surface area contributed by atoms with Gasteiger partial charge >= 0.3 is 0 Å². The van der Waals surface area contributed by atoms with Crippen LogP contribution in [0.4, 0.5) is 0 Å². The number of ether oxygens (including phenoxy) is 2. The van der Waals surface area contributed by atoms with Crippen LogP contribution < -0.4 is 9.47 Å². The van der Waals surface area contributed by atoms with Crippen molar-refractivity contribution < 1.29 is 19.1 Å². The zero-order chi connectivity index (χ0) is 17.5. The molecule has 0 saturated carbocycles. The number of carbonyl (C=O) groups excluding carboxylic acids is 2. The SMILES string of the molecule is COc1cc(OC)cc(C(=O)N2CCCN(C(=O)CC#N)CC2)c1. The highest BCUT2D eigenvalue weighted by atomic mass is 16.5. The summed E-state index contributed by atoms with van der Waals surface area (Å²) in [5, 5.41) is 8.64. The van der Waals surface area contributed by atoms with Gasteiger partial charge in [-0.15, -0.1) is 0 Å². The zero-order valence-electron chi connectivity index (χ0n) is 13.9. The van der Waals surface area contributed by atoms with Crippen molar-refractivity contribution in [3.05, 3.63) is 23.8 Å². The second kappa shape index (κ2) is 8.20. The summed E-state index contributed by atoms with van der Waals surface area (Å²) in [6.07, 6.45) is 0.561. The normalized spacial score (nSPS) is 14.5. The van der Waals surface area contributed by atoms with Crippen LogP contribution in [0, 0.1) is 11.3 Å². The minimum atomic E-state index is -0.185. The molecule has 7 heteroatoms. The second-order valence-electron chi connectivity index (χ2n) is 5.46. The van der Waals surface area contributed by atoms with Gasteiger partial charge in [0.2, 0.25) is 5.91 Å². The standard InChI is InChI=1S/C17H21N3O4/c1-23-14-10-13(11-15(12-14)24-2)17(22)20-7-3-6-19(8-9-20)16(21)4-5-18/h10-12H,3-4,6-9H2,1-2H3. The highest BCUT2D eigenvalue weighted by Gasteiger charge is 2.23. The van der Waals surface area contributed by atoms with Gasteiger partial charge in [-0.05, 0) is 18.6 Å². The van der Waals surface area contributed by atoms with E-state index in [0.717, 1.165) is 0 Å². The monoisotopic (exact) mass is 331 g/mol. The summed E-state index contributed by atoms with van der Waals surface area (Å²) in [6.45, 7) is 2.00. The van der Waals surface area contributed by atoms with Crippen molar-refractivity contribution in [2.75, 3.05) is 40.4 Å². The molecule has 1 fully saturated rings. The average Bonchev–Trinajstić information content (AvgIpc) is 2.87.